The fraction of sp³-hybridized carbons (Fsp3) is 0.857. The van der Waals surface area contributed by atoms with Gasteiger partial charge in [-0.2, -0.15) is 4.98 Å². The van der Waals surface area contributed by atoms with E-state index >= 15 is 0 Å². The summed E-state index contributed by atoms with van der Waals surface area (Å²) in [5.41, 5.74) is 4.44. The first-order valence-corrected chi connectivity index (χ1v) is 26.0. The van der Waals surface area contributed by atoms with Gasteiger partial charge in [0.2, 0.25) is 11.7 Å². The summed E-state index contributed by atoms with van der Waals surface area (Å²) in [4.78, 5) is 52.5. The van der Waals surface area contributed by atoms with Crippen LogP contribution in [0, 0.1) is 0 Å². The Hall–Kier alpha value is -0.200. The average Bonchev–Trinajstić information content (AvgIpc) is 3.57. The minimum Gasteiger partial charge on any atom is -0.756 e. The van der Waals surface area contributed by atoms with Crippen molar-refractivity contribution in [2.24, 2.45) is 0 Å². The summed E-state index contributed by atoms with van der Waals surface area (Å²) in [5, 5.41) is 77.8. The first-order chi connectivity index (χ1) is 30.7. The van der Waals surface area contributed by atoms with Crippen LogP contribution in [0.15, 0.2) is 17.1 Å². The smallest absolute Gasteiger partial charge is 0.756 e. The fourth-order valence-corrected chi connectivity index (χ4v) is 6.15. The Bertz CT molecular complexity index is 1410. The minimum absolute atomic E-state index is 0. The maximum atomic E-state index is 12.7. The molecule has 21 nitrogen and oxygen atoms in total. The van der Waals surface area contributed by atoms with E-state index in [1.165, 1.54) is 57.8 Å². The molecule has 10 N–H and O–H groups in total. The number of hydrogen-bond donors (Lipinski definition) is 9. The summed E-state index contributed by atoms with van der Waals surface area (Å²) in [7, 11) is -3.26. The van der Waals surface area contributed by atoms with E-state index in [4.69, 9.17) is 15.2 Å². The maximum Gasteiger partial charge on any atom is 1.00 e. The largest absolute Gasteiger partial charge is 1.00 e. The van der Waals surface area contributed by atoms with Gasteiger partial charge in [0.1, 0.15) is 48.4 Å². The molecule has 0 saturated carbocycles. The van der Waals surface area contributed by atoms with Gasteiger partial charge in [0.25, 0.3) is 7.82 Å². The molecule has 0 radical (unpaired) electrons. The monoisotopic (exact) mass is 1030 g/mol. The maximum absolute atomic E-state index is 12.7. The number of carboxylic acids is 1. The Balaban J connectivity index is -0.000000253. The zero-order valence-corrected chi connectivity index (χ0v) is 49.7. The number of aliphatic hydroxyl groups is 6. The summed E-state index contributed by atoms with van der Waals surface area (Å²) >= 11 is 0. The van der Waals surface area contributed by atoms with E-state index in [9.17, 15) is 59.6 Å². The molecule has 67 heavy (non-hydrogen) atoms. The van der Waals surface area contributed by atoms with Crippen molar-refractivity contribution < 1.29 is 132 Å². The van der Waals surface area contributed by atoms with Crippen LogP contribution in [0.3, 0.4) is 0 Å². The third-order valence-electron chi connectivity index (χ3n) is 8.09. The number of anilines is 1. The zero-order valence-electron chi connectivity index (χ0n) is 43.8. The van der Waals surface area contributed by atoms with Crippen LogP contribution in [0.25, 0.3) is 0 Å². The molecule has 2 aliphatic rings. The van der Waals surface area contributed by atoms with Crippen LogP contribution in [-0.4, -0.2) is 146 Å². The third kappa shape index (κ3) is 33.2. The van der Waals surface area contributed by atoms with Crippen molar-refractivity contribution in [3.63, 3.8) is 0 Å². The van der Waals surface area contributed by atoms with Crippen molar-refractivity contribution >= 4 is 34.1 Å². The molecule has 1 aromatic rings. The number of unbranched alkanes of at least 4 members (excludes halogenated alkanes) is 2. The van der Waals surface area contributed by atoms with Crippen molar-refractivity contribution in [1.29, 1.82) is 0 Å². The number of hydrogen-bond acceptors (Lipinski definition) is 19. The van der Waals surface area contributed by atoms with Gasteiger partial charge < -0.3 is 75.8 Å². The van der Waals surface area contributed by atoms with Gasteiger partial charge in [-0.25, -0.2) is 4.79 Å². The number of aromatic nitrogens is 2. The van der Waals surface area contributed by atoms with Crippen molar-refractivity contribution in [3.05, 3.63) is 22.7 Å². The average molecular weight is 1030 g/mol. The van der Waals surface area contributed by atoms with Gasteiger partial charge in [-0.3, -0.25) is 18.5 Å². The van der Waals surface area contributed by atoms with Gasteiger partial charge in [0, 0.05) is 12.6 Å². The molecule has 0 aromatic carbocycles. The van der Waals surface area contributed by atoms with Gasteiger partial charge >= 0.3 is 64.8 Å². The van der Waals surface area contributed by atoms with E-state index in [1.54, 1.807) is 0 Å². The molecular formula is C42H89N5Na2O16P2. The summed E-state index contributed by atoms with van der Waals surface area (Å²) in [5.74, 6) is -6.72. The van der Waals surface area contributed by atoms with Crippen molar-refractivity contribution in [3.8, 4) is 0 Å². The Kier molecular flexibility index (Phi) is 59.6. The Morgan fingerprint density at radius 3 is 1.85 bits per heavy atom. The van der Waals surface area contributed by atoms with Crippen LogP contribution in [-0.2, 0) is 32.7 Å². The Morgan fingerprint density at radius 2 is 1.48 bits per heavy atom. The number of amides is 1. The zero-order chi connectivity index (χ0) is 51.9. The van der Waals surface area contributed by atoms with E-state index in [1.807, 2.05) is 41.5 Å². The summed E-state index contributed by atoms with van der Waals surface area (Å²) in [6.45, 7) is 26.9. The molecule has 3 rings (SSSR count). The number of phosphoric acid groups is 1. The molecular weight excluding hydrogens is 938 g/mol. The van der Waals surface area contributed by atoms with Crippen molar-refractivity contribution in [2.45, 2.75) is 196 Å². The standard InChI is InChI=1S/C21H34N5O16P.C4H11P.2C4H10.C3H8.3C2H6.2Na/c1-23-5-12(30)25-13-8(28)4-21(19(34)35,41-17(13)14(31)9(29)6-27)42-43(37,38)39-7-10-15(32)16(33)18(40-10)26-3-2-11(22)24-20(26)36;1-3-4-5-2;2*1-3-4-2;1-3-2;3*1-2;;/h2-3,8-10,13-18,23,27-29,31-33H,4-7H2,1H3,(H,25,30)(H,34,35)(H,37,38)(H2,22,24,36);5H,3-4H2,1-2H3;2*3-4H2,1-2H3;3H2,1-2H3;3*1-2H3;;/q;;;;;;;;2*+1/p-2/t8?,9-,10?,13?,14-,15?,16?,17?,18?,21?;;;;;;;;;/m1........./s1. The van der Waals surface area contributed by atoms with Gasteiger partial charge in [-0.15, -0.1) is 8.58 Å². The van der Waals surface area contributed by atoms with Crippen LogP contribution in [0.5, 0.6) is 0 Å². The number of carbonyl (C=O) groups excluding carboxylic acids is 2. The number of likely N-dealkylation sites (N-methyl/N-ethyl adjacent to an activating group) is 1. The molecule has 0 aliphatic carbocycles. The number of ether oxygens (including phenoxy) is 2. The molecule has 2 saturated heterocycles. The second kappa shape index (κ2) is 49.4. The molecule has 3 heterocycles. The predicted octanol–water partition coefficient (Wildman–Crippen LogP) is -4.22. The van der Waals surface area contributed by atoms with Crippen LogP contribution < -0.4 is 91.2 Å². The number of phosphoric ester groups is 1. The van der Waals surface area contributed by atoms with Crippen LogP contribution in [0.1, 0.15) is 141 Å². The molecule has 2 fully saturated rings. The number of nitrogens with zero attached hydrogens (tertiary/aromatic N) is 2. The summed E-state index contributed by atoms with van der Waals surface area (Å²) < 4.78 is 33.3. The van der Waals surface area contributed by atoms with Gasteiger partial charge in [-0.05, 0) is 25.9 Å². The normalized spacial score (nSPS) is 23.9. The number of carboxylic acid groups (broad SMARTS) is 1. The third-order valence-corrected chi connectivity index (χ3v) is 10.1. The molecule has 25 heteroatoms. The summed E-state index contributed by atoms with van der Waals surface area (Å²) in [6, 6.07) is -0.460. The molecule has 390 valence electrons. The van der Waals surface area contributed by atoms with Gasteiger partial charge in [-0.1, -0.05) is 129 Å². The quantitative estimate of drug-likeness (QED) is 0.0527. The first kappa shape index (κ1) is 80.9. The number of nitrogens with one attached hydrogen (secondary N) is 2. The number of aliphatic hydroxyl groups excluding tert-OH is 6. The number of aliphatic carboxylic acids is 1. The van der Waals surface area contributed by atoms with E-state index in [-0.39, 0.29) is 71.5 Å². The molecule has 1 amide bonds. The SMILES string of the molecule is CC.CC.CC.CCC.CCCC.CCCC.CCCPC.CNCC(=O)NC1C(O)CC(OP(=O)([O-])OCC2OC(n3ccc(N)nc3=O)C(O)C2O)(C(=O)[O-])OC1[C@H](O)[C@H](O)CO.[Na+].[Na+]. The van der Waals surface area contributed by atoms with Crippen molar-refractivity contribution in [1.82, 2.24) is 20.2 Å². The Labute approximate surface area is 447 Å². The van der Waals surface area contributed by atoms with Crippen LogP contribution >= 0.6 is 16.4 Å². The van der Waals surface area contributed by atoms with Crippen LogP contribution in [0.4, 0.5) is 5.82 Å². The first-order valence-electron chi connectivity index (χ1n) is 22.9. The number of rotatable bonds is 17. The molecule has 0 bridgehead atoms. The van der Waals surface area contributed by atoms with E-state index in [0.717, 1.165) is 19.3 Å². The molecule has 1 aromatic heterocycles. The fourth-order valence-electron chi connectivity index (χ4n) is 4.71. The molecule has 0 spiro atoms. The second-order valence-electron chi connectivity index (χ2n) is 13.5. The Morgan fingerprint density at radius 1 is 0.985 bits per heavy atom. The predicted molar refractivity (Wildman–Crippen MR) is 252 cm³/mol. The van der Waals surface area contributed by atoms with E-state index in [2.05, 4.69) is 79.8 Å². The summed E-state index contributed by atoms with van der Waals surface area (Å²) in [6.07, 6.45) is -5.95. The van der Waals surface area contributed by atoms with Crippen molar-refractivity contribution in [2.75, 3.05) is 45.4 Å². The van der Waals surface area contributed by atoms with Gasteiger partial charge in [0.05, 0.1) is 31.9 Å². The topological polar surface area (TPSA) is 341 Å². The minimum atomic E-state index is -5.83. The van der Waals surface area contributed by atoms with Crippen LogP contribution in [0.2, 0.25) is 0 Å². The second-order valence-corrected chi connectivity index (χ2v) is 16.0. The van der Waals surface area contributed by atoms with Gasteiger partial charge in [0.15, 0.2) is 6.23 Å². The number of nitrogen functional groups attached to an aromatic ring is 1. The number of nitrogens with two attached hydrogens (primary N) is 1. The number of carbonyl (C=O) groups is 2. The molecule has 10 unspecified atom stereocenters. The van der Waals surface area contributed by atoms with E-state index in [0.29, 0.717) is 0 Å². The molecule has 2 aliphatic heterocycles. The van der Waals surface area contributed by atoms with E-state index < -0.39 is 106 Å². The molecule has 12 atom stereocenters.